The van der Waals surface area contributed by atoms with Gasteiger partial charge in [0.15, 0.2) is 5.11 Å². The van der Waals surface area contributed by atoms with Crippen molar-refractivity contribution in [2.75, 3.05) is 0 Å². The standard InChI is InChI=1S/C9H7F4N3S/c10-6-2-5(8(12)13)7(11)1-4(6)3-15-16-9(14)17/h1-3,8H,(H3,14,16,17). The maximum absolute atomic E-state index is 13.2. The summed E-state index contributed by atoms with van der Waals surface area (Å²) in [6.45, 7) is 0. The highest BCUT2D eigenvalue weighted by molar-refractivity contribution is 7.80. The van der Waals surface area contributed by atoms with Gasteiger partial charge < -0.3 is 5.73 Å². The molecule has 0 atom stereocenters. The number of halogens is 4. The van der Waals surface area contributed by atoms with Gasteiger partial charge in [-0.05, 0) is 24.4 Å². The van der Waals surface area contributed by atoms with Crippen molar-refractivity contribution in [1.29, 1.82) is 0 Å². The first-order valence-electron chi connectivity index (χ1n) is 4.27. The maximum Gasteiger partial charge on any atom is 0.266 e. The lowest BCUT2D eigenvalue weighted by atomic mass is 10.1. The highest BCUT2D eigenvalue weighted by atomic mass is 32.1. The number of nitrogens with one attached hydrogen (secondary N) is 1. The monoisotopic (exact) mass is 265 g/mol. The Labute approximate surface area is 99.3 Å². The highest BCUT2D eigenvalue weighted by Crippen LogP contribution is 2.24. The van der Waals surface area contributed by atoms with Crippen molar-refractivity contribution < 1.29 is 17.6 Å². The number of hydrogen-bond acceptors (Lipinski definition) is 2. The van der Waals surface area contributed by atoms with Crippen LogP contribution in [0.15, 0.2) is 17.2 Å². The zero-order chi connectivity index (χ0) is 13.0. The van der Waals surface area contributed by atoms with Crippen molar-refractivity contribution in [2.24, 2.45) is 10.8 Å². The van der Waals surface area contributed by atoms with Crippen molar-refractivity contribution in [3.05, 3.63) is 34.9 Å². The lowest BCUT2D eigenvalue weighted by molar-refractivity contribution is 0.146. The fourth-order valence-corrected chi connectivity index (χ4v) is 1.06. The summed E-state index contributed by atoms with van der Waals surface area (Å²) < 4.78 is 50.7. The minimum absolute atomic E-state index is 0.161. The largest absolute Gasteiger partial charge is 0.375 e. The summed E-state index contributed by atoms with van der Waals surface area (Å²) in [6.07, 6.45) is -2.20. The van der Waals surface area contributed by atoms with Gasteiger partial charge in [0.1, 0.15) is 11.6 Å². The molecule has 92 valence electrons. The molecule has 0 aliphatic heterocycles. The van der Waals surface area contributed by atoms with Crippen LogP contribution in [0.5, 0.6) is 0 Å². The number of thiocarbonyl (C=S) groups is 1. The fourth-order valence-electron chi connectivity index (χ4n) is 1.01. The zero-order valence-electron chi connectivity index (χ0n) is 8.25. The number of hydrazone groups is 1. The van der Waals surface area contributed by atoms with Crippen LogP contribution in [-0.2, 0) is 0 Å². The van der Waals surface area contributed by atoms with Crippen molar-refractivity contribution in [3.63, 3.8) is 0 Å². The Balaban J connectivity index is 2.99. The van der Waals surface area contributed by atoms with Crippen molar-refractivity contribution in [2.45, 2.75) is 6.43 Å². The molecule has 1 aromatic rings. The number of nitrogens with zero attached hydrogens (tertiary/aromatic N) is 1. The molecule has 3 N–H and O–H groups in total. The predicted molar refractivity (Wildman–Crippen MR) is 58.8 cm³/mol. The smallest absolute Gasteiger partial charge is 0.266 e. The maximum atomic E-state index is 13.2. The van der Waals surface area contributed by atoms with Gasteiger partial charge in [-0.1, -0.05) is 0 Å². The Bertz CT molecular complexity index is 462. The van der Waals surface area contributed by atoms with Gasteiger partial charge in [0, 0.05) is 5.56 Å². The zero-order valence-corrected chi connectivity index (χ0v) is 9.07. The number of nitrogens with two attached hydrogens (primary N) is 1. The Morgan fingerprint density at radius 1 is 1.35 bits per heavy atom. The Hall–Kier alpha value is -1.70. The summed E-state index contributed by atoms with van der Waals surface area (Å²) >= 11 is 4.41. The van der Waals surface area contributed by atoms with Gasteiger partial charge in [0.25, 0.3) is 6.43 Å². The second-order valence-electron chi connectivity index (χ2n) is 2.93. The van der Waals surface area contributed by atoms with Crippen LogP contribution >= 0.6 is 12.2 Å². The number of benzene rings is 1. The van der Waals surface area contributed by atoms with E-state index in [1.807, 2.05) is 0 Å². The third kappa shape index (κ3) is 3.66. The molecular formula is C9H7F4N3S. The highest BCUT2D eigenvalue weighted by Gasteiger charge is 2.16. The van der Waals surface area contributed by atoms with Gasteiger partial charge >= 0.3 is 0 Å². The summed E-state index contributed by atoms with van der Waals surface area (Å²) in [4.78, 5) is 0. The molecule has 0 bridgehead atoms. The van der Waals surface area contributed by atoms with Gasteiger partial charge in [-0.3, -0.25) is 5.43 Å². The van der Waals surface area contributed by atoms with E-state index >= 15 is 0 Å². The van der Waals surface area contributed by atoms with Crippen LogP contribution in [0.2, 0.25) is 0 Å². The van der Waals surface area contributed by atoms with E-state index in [2.05, 4.69) is 22.7 Å². The molecule has 1 rings (SSSR count). The van der Waals surface area contributed by atoms with E-state index in [0.29, 0.717) is 12.1 Å². The van der Waals surface area contributed by atoms with Gasteiger partial charge in [-0.25, -0.2) is 17.6 Å². The first-order chi connectivity index (χ1) is 7.91. The van der Waals surface area contributed by atoms with Crippen LogP contribution in [0.1, 0.15) is 17.6 Å². The predicted octanol–water partition coefficient (Wildman–Crippen LogP) is 2.07. The Morgan fingerprint density at radius 3 is 2.53 bits per heavy atom. The van der Waals surface area contributed by atoms with Crippen LogP contribution in [0.4, 0.5) is 17.6 Å². The van der Waals surface area contributed by atoms with E-state index in [4.69, 9.17) is 5.73 Å². The summed E-state index contributed by atoms with van der Waals surface area (Å²) in [5.41, 5.74) is 5.85. The normalized spacial score (nSPS) is 11.1. The number of hydrogen-bond donors (Lipinski definition) is 2. The van der Waals surface area contributed by atoms with Gasteiger partial charge in [-0.15, -0.1) is 0 Å². The average Bonchev–Trinajstić information content (AvgIpc) is 2.21. The van der Waals surface area contributed by atoms with E-state index in [1.165, 1.54) is 0 Å². The first-order valence-corrected chi connectivity index (χ1v) is 4.68. The third-order valence-corrected chi connectivity index (χ3v) is 1.82. The van der Waals surface area contributed by atoms with E-state index in [-0.39, 0.29) is 10.7 Å². The molecule has 17 heavy (non-hydrogen) atoms. The van der Waals surface area contributed by atoms with Gasteiger partial charge in [0.05, 0.1) is 11.8 Å². The van der Waals surface area contributed by atoms with E-state index in [1.54, 1.807) is 0 Å². The topological polar surface area (TPSA) is 50.4 Å². The molecule has 0 saturated carbocycles. The minimum Gasteiger partial charge on any atom is -0.375 e. The molecule has 0 fully saturated rings. The molecule has 0 saturated heterocycles. The Kier molecular flexibility index (Phi) is 4.38. The van der Waals surface area contributed by atoms with Crippen LogP contribution in [0, 0.1) is 11.6 Å². The second kappa shape index (κ2) is 5.58. The number of alkyl halides is 2. The number of rotatable bonds is 3. The van der Waals surface area contributed by atoms with Crippen molar-refractivity contribution in [3.8, 4) is 0 Å². The second-order valence-corrected chi connectivity index (χ2v) is 3.37. The SMILES string of the molecule is NC(=S)NN=Cc1cc(F)c(C(F)F)cc1F. The third-order valence-electron chi connectivity index (χ3n) is 1.73. The molecule has 0 aliphatic rings. The van der Waals surface area contributed by atoms with E-state index < -0.39 is 23.6 Å². The molecule has 0 aromatic heterocycles. The molecule has 0 heterocycles. The van der Waals surface area contributed by atoms with Crippen LogP contribution in [-0.4, -0.2) is 11.3 Å². The van der Waals surface area contributed by atoms with Gasteiger partial charge in [-0.2, -0.15) is 5.10 Å². The molecule has 0 aliphatic carbocycles. The van der Waals surface area contributed by atoms with Crippen LogP contribution in [0.3, 0.4) is 0 Å². The molecule has 0 radical (unpaired) electrons. The lowest BCUT2D eigenvalue weighted by Gasteiger charge is -2.04. The van der Waals surface area contributed by atoms with Crippen molar-refractivity contribution >= 4 is 23.5 Å². The summed E-state index contributed by atoms with van der Waals surface area (Å²) in [6, 6.07) is 1.03. The van der Waals surface area contributed by atoms with Crippen LogP contribution < -0.4 is 11.2 Å². The molecule has 0 amide bonds. The summed E-state index contributed by atoms with van der Waals surface area (Å²) in [5.74, 6) is -2.23. The van der Waals surface area contributed by atoms with E-state index in [0.717, 1.165) is 6.21 Å². The Morgan fingerprint density at radius 2 is 2.00 bits per heavy atom. The fraction of sp³-hybridized carbons (Fsp3) is 0.111. The quantitative estimate of drug-likeness (QED) is 0.381. The minimum atomic E-state index is -3.08. The molecule has 3 nitrogen and oxygen atoms in total. The average molecular weight is 265 g/mol. The van der Waals surface area contributed by atoms with Gasteiger partial charge in [0.2, 0.25) is 0 Å². The lowest BCUT2D eigenvalue weighted by Crippen LogP contribution is -2.24. The molecule has 0 unspecified atom stereocenters. The summed E-state index contributed by atoms with van der Waals surface area (Å²) in [7, 11) is 0. The van der Waals surface area contributed by atoms with Crippen molar-refractivity contribution in [1.82, 2.24) is 5.43 Å². The molecule has 1 aromatic carbocycles. The van der Waals surface area contributed by atoms with E-state index in [9.17, 15) is 17.6 Å². The molecule has 0 spiro atoms. The first kappa shape index (κ1) is 13.4. The molecular weight excluding hydrogens is 258 g/mol. The molecule has 8 heteroatoms. The summed E-state index contributed by atoms with van der Waals surface area (Å²) in [5, 5.41) is 3.22. The van der Waals surface area contributed by atoms with Crippen LogP contribution in [0.25, 0.3) is 0 Å².